The lowest BCUT2D eigenvalue weighted by Gasteiger charge is -2.10. The van der Waals surface area contributed by atoms with Gasteiger partial charge in [0.2, 0.25) is 11.8 Å². The number of pyridine rings is 2. The highest BCUT2D eigenvalue weighted by atomic mass is 16.3. The van der Waals surface area contributed by atoms with Crippen LogP contribution in [0.4, 0.5) is 11.6 Å². The Hall–Kier alpha value is -3.48. The summed E-state index contributed by atoms with van der Waals surface area (Å²) in [5, 5.41) is 7.69. The lowest BCUT2D eigenvalue weighted by Crippen LogP contribution is -2.14. The molecule has 5 rings (SSSR count). The van der Waals surface area contributed by atoms with Gasteiger partial charge in [-0.1, -0.05) is 12.1 Å². The number of aryl methyl sites for hydroxylation is 1. The van der Waals surface area contributed by atoms with Gasteiger partial charge in [0.25, 0.3) is 0 Å². The lowest BCUT2D eigenvalue weighted by molar-refractivity contribution is -0.117. The Morgan fingerprint density at radius 2 is 2.04 bits per heavy atom. The highest BCUT2D eigenvalue weighted by Gasteiger charge is 2.30. The number of aromatic nitrogens is 3. The van der Waals surface area contributed by atoms with Gasteiger partial charge in [-0.3, -0.25) is 4.79 Å². The van der Waals surface area contributed by atoms with Crippen LogP contribution in [0.5, 0.6) is 0 Å². The topological polar surface area (TPSA) is 92.9 Å². The molecule has 28 heavy (non-hydrogen) atoms. The number of hydrogen-bond acceptors (Lipinski definition) is 6. The molecule has 1 saturated carbocycles. The van der Waals surface area contributed by atoms with Crippen LogP contribution in [-0.2, 0) is 4.79 Å². The third-order valence-corrected chi connectivity index (χ3v) is 5.06. The van der Waals surface area contributed by atoms with Crippen molar-refractivity contribution in [2.45, 2.75) is 19.8 Å². The zero-order valence-corrected chi connectivity index (χ0v) is 15.6. The Kier molecular flexibility index (Phi) is 3.75. The number of hydrogen-bond donors (Lipinski definition) is 2. The van der Waals surface area contributed by atoms with Crippen molar-refractivity contribution in [1.82, 2.24) is 15.0 Å². The first-order chi connectivity index (χ1) is 13.6. The molecule has 0 saturated heterocycles. The lowest BCUT2D eigenvalue weighted by atomic mass is 10.1. The van der Waals surface area contributed by atoms with Crippen molar-refractivity contribution >= 4 is 39.4 Å². The molecule has 1 amide bonds. The molecule has 0 radical (unpaired) electrons. The van der Waals surface area contributed by atoms with E-state index in [0.717, 1.165) is 45.8 Å². The summed E-state index contributed by atoms with van der Waals surface area (Å²) in [5.41, 5.74) is 3.38. The molecule has 7 nitrogen and oxygen atoms in total. The minimum absolute atomic E-state index is 0.0220. The first-order valence-corrected chi connectivity index (χ1v) is 9.28. The van der Waals surface area contributed by atoms with Gasteiger partial charge in [0.05, 0.1) is 5.56 Å². The van der Waals surface area contributed by atoms with Gasteiger partial charge in [-0.25, -0.2) is 15.0 Å². The van der Waals surface area contributed by atoms with Crippen LogP contribution in [0, 0.1) is 12.8 Å². The minimum atomic E-state index is 0.0220. The maximum Gasteiger partial charge on any atom is 0.229 e. The SMILES string of the molecule is CNc1ncc(-c2nc3c(C)cccc3o2)c2cc(NC(=O)C3CC3)ncc12. The van der Waals surface area contributed by atoms with E-state index < -0.39 is 0 Å². The second kappa shape index (κ2) is 6.30. The van der Waals surface area contributed by atoms with E-state index in [1.54, 1.807) is 12.4 Å². The fourth-order valence-corrected chi connectivity index (χ4v) is 3.35. The molecule has 0 unspecified atom stereocenters. The zero-order chi connectivity index (χ0) is 19.3. The number of oxazole rings is 1. The van der Waals surface area contributed by atoms with Crippen molar-refractivity contribution in [3.8, 4) is 11.5 Å². The van der Waals surface area contributed by atoms with Gasteiger partial charge in [0, 0.05) is 36.1 Å². The molecule has 1 aromatic carbocycles. The molecule has 1 aliphatic rings. The van der Waals surface area contributed by atoms with Crippen molar-refractivity contribution in [1.29, 1.82) is 0 Å². The van der Waals surface area contributed by atoms with E-state index >= 15 is 0 Å². The third-order valence-electron chi connectivity index (χ3n) is 5.06. The van der Waals surface area contributed by atoms with Gasteiger partial charge in [0.15, 0.2) is 5.58 Å². The Morgan fingerprint density at radius 1 is 1.18 bits per heavy atom. The normalized spacial score (nSPS) is 13.8. The van der Waals surface area contributed by atoms with E-state index in [0.29, 0.717) is 17.5 Å². The average molecular weight is 373 g/mol. The smallest absolute Gasteiger partial charge is 0.229 e. The third kappa shape index (κ3) is 2.76. The summed E-state index contributed by atoms with van der Waals surface area (Å²) in [7, 11) is 1.81. The fraction of sp³-hybridized carbons (Fsp3) is 0.238. The Bertz CT molecular complexity index is 1230. The van der Waals surface area contributed by atoms with E-state index in [-0.39, 0.29) is 11.8 Å². The maximum absolute atomic E-state index is 12.1. The van der Waals surface area contributed by atoms with Crippen LogP contribution in [0.15, 0.2) is 41.1 Å². The maximum atomic E-state index is 12.1. The molecule has 0 spiro atoms. The highest BCUT2D eigenvalue weighted by molar-refractivity contribution is 6.03. The minimum Gasteiger partial charge on any atom is -0.436 e. The summed E-state index contributed by atoms with van der Waals surface area (Å²) in [6.45, 7) is 2.00. The molecule has 0 aliphatic heterocycles. The summed E-state index contributed by atoms with van der Waals surface area (Å²) in [6, 6.07) is 7.71. The first-order valence-electron chi connectivity index (χ1n) is 9.28. The van der Waals surface area contributed by atoms with Crippen LogP contribution in [0.1, 0.15) is 18.4 Å². The molecule has 7 heteroatoms. The van der Waals surface area contributed by atoms with Gasteiger partial charge in [-0.15, -0.1) is 0 Å². The number of amides is 1. The molecule has 0 bridgehead atoms. The van der Waals surface area contributed by atoms with E-state index in [4.69, 9.17) is 4.42 Å². The molecule has 140 valence electrons. The molecule has 0 atom stereocenters. The summed E-state index contributed by atoms with van der Waals surface area (Å²) in [6.07, 6.45) is 5.34. The summed E-state index contributed by atoms with van der Waals surface area (Å²) in [4.78, 5) is 25.7. The molecule has 4 aromatic rings. The largest absolute Gasteiger partial charge is 0.436 e. The van der Waals surface area contributed by atoms with E-state index in [1.165, 1.54) is 0 Å². The predicted octanol–water partition coefficient (Wildman–Crippen LogP) is 4.14. The number of carbonyl (C=O) groups excluding carboxylic acids is 1. The van der Waals surface area contributed by atoms with Crippen molar-refractivity contribution in [3.05, 3.63) is 42.2 Å². The molecule has 3 aromatic heterocycles. The van der Waals surface area contributed by atoms with E-state index in [2.05, 4.69) is 25.6 Å². The number of anilines is 2. The van der Waals surface area contributed by atoms with E-state index in [9.17, 15) is 4.79 Å². The van der Waals surface area contributed by atoms with Crippen LogP contribution < -0.4 is 10.6 Å². The van der Waals surface area contributed by atoms with Gasteiger partial charge >= 0.3 is 0 Å². The molecule has 1 fully saturated rings. The van der Waals surface area contributed by atoms with E-state index in [1.807, 2.05) is 38.2 Å². The standard InChI is InChI=1S/C21H19N5O2/c1-11-4-3-5-16-18(11)26-21(28-16)15-10-24-19(22-2)14-9-23-17(8-13(14)15)25-20(27)12-6-7-12/h3-5,8-10,12H,6-7H2,1-2H3,(H,22,24)(H,23,25,27). The van der Waals surface area contributed by atoms with Gasteiger partial charge < -0.3 is 15.1 Å². The van der Waals surface area contributed by atoms with Gasteiger partial charge in [0.1, 0.15) is 17.2 Å². The highest BCUT2D eigenvalue weighted by Crippen LogP contribution is 2.35. The van der Waals surface area contributed by atoms with Crippen molar-refractivity contribution in [3.63, 3.8) is 0 Å². The Morgan fingerprint density at radius 3 is 2.79 bits per heavy atom. The molecular weight excluding hydrogens is 354 g/mol. The molecular formula is C21H19N5O2. The number of nitrogens with one attached hydrogen (secondary N) is 2. The van der Waals surface area contributed by atoms with Crippen molar-refractivity contribution in [2.75, 3.05) is 17.7 Å². The average Bonchev–Trinajstić information content (AvgIpc) is 3.46. The van der Waals surface area contributed by atoms with Gasteiger partial charge in [-0.2, -0.15) is 0 Å². The summed E-state index contributed by atoms with van der Waals surface area (Å²) in [5.74, 6) is 1.86. The number of nitrogens with zero attached hydrogens (tertiary/aromatic N) is 3. The number of rotatable bonds is 4. The van der Waals surface area contributed by atoms with Crippen LogP contribution in [0.25, 0.3) is 33.3 Å². The van der Waals surface area contributed by atoms with Crippen LogP contribution >= 0.6 is 0 Å². The Balaban J connectivity index is 1.67. The number of carbonyl (C=O) groups is 1. The fourth-order valence-electron chi connectivity index (χ4n) is 3.35. The summed E-state index contributed by atoms with van der Waals surface area (Å²) >= 11 is 0. The van der Waals surface area contributed by atoms with Crippen LogP contribution in [0.2, 0.25) is 0 Å². The molecule has 3 heterocycles. The summed E-state index contributed by atoms with van der Waals surface area (Å²) < 4.78 is 6.01. The predicted molar refractivity (Wildman–Crippen MR) is 108 cm³/mol. The zero-order valence-electron chi connectivity index (χ0n) is 15.6. The monoisotopic (exact) mass is 373 g/mol. The first kappa shape index (κ1) is 16.7. The van der Waals surface area contributed by atoms with Crippen LogP contribution in [-0.4, -0.2) is 27.9 Å². The molecule has 1 aliphatic carbocycles. The van der Waals surface area contributed by atoms with Crippen molar-refractivity contribution < 1.29 is 9.21 Å². The van der Waals surface area contributed by atoms with Crippen molar-refractivity contribution in [2.24, 2.45) is 5.92 Å². The molecule has 2 N–H and O–H groups in total. The quantitative estimate of drug-likeness (QED) is 0.558. The second-order valence-corrected chi connectivity index (χ2v) is 7.09. The number of fused-ring (bicyclic) bond motifs is 2. The van der Waals surface area contributed by atoms with Crippen LogP contribution in [0.3, 0.4) is 0 Å². The van der Waals surface area contributed by atoms with Gasteiger partial charge in [-0.05, 0) is 37.5 Å². The second-order valence-electron chi connectivity index (χ2n) is 7.09. The number of para-hydroxylation sites is 1. The Labute approximate surface area is 161 Å². The number of benzene rings is 1.